The molecule has 0 saturated carbocycles. The van der Waals surface area contributed by atoms with Crippen LogP contribution in [-0.4, -0.2) is 12.6 Å². The van der Waals surface area contributed by atoms with Crippen molar-refractivity contribution in [2.45, 2.75) is 13.5 Å². The highest BCUT2D eigenvalue weighted by atomic mass is 16.5. The van der Waals surface area contributed by atoms with E-state index in [1.54, 1.807) is 0 Å². The summed E-state index contributed by atoms with van der Waals surface area (Å²) in [5.41, 5.74) is 9.64. The van der Waals surface area contributed by atoms with Gasteiger partial charge in [-0.05, 0) is 30.2 Å². The van der Waals surface area contributed by atoms with Gasteiger partial charge in [0, 0.05) is 12.2 Å². The summed E-state index contributed by atoms with van der Waals surface area (Å²) in [7, 11) is 0. The summed E-state index contributed by atoms with van der Waals surface area (Å²) in [4.78, 5) is 11.6. The maximum atomic E-state index is 11.6. The molecule has 0 saturated heterocycles. The second kappa shape index (κ2) is 7.88. The maximum absolute atomic E-state index is 11.6. The number of benzene rings is 2. The average Bonchev–Trinajstić information content (AvgIpc) is 2.53. The van der Waals surface area contributed by atoms with Crippen LogP contribution in [0.3, 0.4) is 0 Å². The zero-order valence-corrected chi connectivity index (χ0v) is 12.6. The number of carbonyl (C=O) groups excluding carboxylic acids is 1. The topological polar surface area (TPSA) is 64.3 Å². The standard InChI is InChI=1S/C18H20N2O2/c1-14-9-10-17(19)16(12-14)8-5-11-20-18(21)22-13-15-6-3-2-4-7-15/h2-10,12H,11,13,19H2,1H3,(H,20,21). The first-order chi connectivity index (χ1) is 10.6. The van der Waals surface area contributed by atoms with Crippen molar-refractivity contribution in [1.29, 1.82) is 0 Å². The van der Waals surface area contributed by atoms with E-state index in [-0.39, 0.29) is 6.61 Å². The lowest BCUT2D eigenvalue weighted by Crippen LogP contribution is -2.24. The SMILES string of the molecule is Cc1ccc(N)c(C=CCNC(=O)OCc2ccccc2)c1. The number of carbonyl (C=O) groups is 1. The Kier molecular flexibility index (Phi) is 5.60. The fourth-order valence-corrected chi connectivity index (χ4v) is 1.94. The van der Waals surface area contributed by atoms with Gasteiger partial charge in [0.1, 0.15) is 6.61 Å². The quantitative estimate of drug-likeness (QED) is 0.830. The Balaban J connectivity index is 1.75. The highest BCUT2D eigenvalue weighted by molar-refractivity contribution is 5.68. The molecule has 0 aromatic heterocycles. The second-order valence-corrected chi connectivity index (χ2v) is 4.98. The van der Waals surface area contributed by atoms with Crippen LogP contribution in [0, 0.1) is 6.92 Å². The molecule has 114 valence electrons. The number of rotatable bonds is 5. The third-order valence-electron chi connectivity index (χ3n) is 3.12. The number of nitrogens with one attached hydrogen (secondary N) is 1. The van der Waals surface area contributed by atoms with E-state index in [9.17, 15) is 4.79 Å². The third kappa shape index (κ3) is 4.98. The van der Waals surface area contributed by atoms with Crippen LogP contribution in [0.25, 0.3) is 6.08 Å². The fourth-order valence-electron chi connectivity index (χ4n) is 1.94. The molecule has 0 bridgehead atoms. The highest BCUT2D eigenvalue weighted by Crippen LogP contribution is 2.14. The van der Waals surface area contributed by atoms with Crippen molar-refractivity contribution in [3.63, 3.8) is 0 Å². The van der Waals surface area contributed by atoms with Crippen LogP contribution in [-0.2, 0) is 11.3 Å². The minimum Gasteiger partial charge on any atom is -0.445 e. The molecule has 2 aromatic rings. The predicted octanol–water partition coefficient (Wildman–Crippen LogP) is 3.52. The molecule has 2 aromatic carbocycles. The van der Waals surface area contributed by atoms with E-state index >= 15 is 0 Å². The molecule has 0 aliphatic rings. The van der Waals surface area contributed by atoms with Crippen molar-refractivity contribution in [2.24, 2.45) is 0 Å². The summed E-state index contributed by atoms with van der Waals surface area (Å²) in [5.74, 6) is 0. The van der Waals surface area contributed by atoms with Gasteiger partial charge in [-0.2, -0.15) is 0 Å². The van der Waals surface area contributed by atoms with Crippen molar-refractivity contribution in [3.8, 4) is 0 Å². The van der Waals surface area contributed by atoms with Gasteiger partial charge in [-0.3, -0.25) is 0 Å². The Labute approximate surface area is 130 Å². The third-order valence-corrected chi connectivity index (χ3v) is 3.12. The van der Waals surface area contributed by atoms with Crippen LogP contribution in [0.5, 0.6) is 0 Å². The Morgan fingerprint density at radius 2 is 2.00 bits per heavy atom. The number of nitrogens with two attached hydrogens (primary N) is 1. The summed E-state index contributed by atoms with van der Waals surface area (Å²) in [6, 6.07) is 15.4. The fraction of sp³-hybridized carbons (Fsp3) is 0.167. The molecule has 22 heavy (non-hydrogen) atoms. The molecule has 0 aliphatic carbocycles. The van der Waals surface area contributed by atoms with Gasteiger partial charge in [0.2, 0.25) is 0 Å². The van der Waals surface area contributed by atoms with Crippen LogP contribution in [0.15, 0.2) is 54.6 Å². The molecule has 4 heteroatoms. The average molecular weight is 296 g/mol. The van der Waals surface area contributed by atoms with Gasteiger partial charge >= 0.3 is 6.09 Å². The number of hydrogen-bond donors (Lipinski definition) is 2. The predicted molar refractivity (Wildman–Crippen MR) is 89.3 cm³/mol. The van der Waals surface area contributed by atoms with E-state index in [0.29, 0.717) is 12.2 Å². The van der Waals surface area contributed by atoms with Gasteiger partial charge in [0.25, 0.3) is 0 Å². The highest BCUT2D eigenvalue weighted by Gasteiger charge is 2.00. The first-order valence-electron chi connectivity index (χ1n) is 7.12. The van der Waals surface area contributed by atoms with Crippen molar-refractivity contribution in [2.75, 3.05) is 12.3 Å². The maximum Gasteiger partial charge on any atom is 0.407 e. The summed E-state index contributed by atoms with van der Waals surface area (Å²) < 4.78 is 5.11. The molecular formula is C18H20N2O2. The first-order valence-corrected chi connectivity index (χ1v) is 7.12. The normalized spacial score (nSPS) is 10.6. The number of ether oxygens (including phenoxy) is 1. The Morgan fingerprint density at radius 1 is 1.23 bits per heavy atom. The zero-order chi connectivity index (χ0) is 15.8. The largest absolute Gasteiger partial charge is 0.445 e. The Hall–Kier alpha value is -2.75. The zero-order valence-electron chi connectivity index (χ0n) is 12.6. The van der Waals surface area contributed by atoms with Gasteiger partial charge in [-0.1, -0.05) is 54.1 Å². The molecule has 0 heterocycles. The van der Waals surface area contributed by atoms with E-state index in [1.165, 1.54) is 0 Å². The summed E-state index contributed by atoms with van der Waals surface area (Å²) in [5, 5.41) is 2.67. The lowest BCUT2D eigenvalue weighted by Gasteiger charge is -2.05. The number of hydrogen-bond acceptors (Lipinski definition) is 3. The number of amides is 1. The number of anilines is 1. The van der Waals surface area contributed by atoms with E-state index in [1.807, 2.05) is 67.6 Å². The van der Waals surface area contributed by atoms with Gasteiger partial charge < -0.3 is 15.8 Å². The van der Waals surface area contributed by atoms with Gasteiger partial charge in [0.15, 0.2) is 0 Å². The summed E-state index contributed by atoms with van der Waals surface area (Å²) >= 11 is 0. The molecule has 0 fully saturated rings. The molecule has 0 atom stereocenters. The summed E-state index contributed by atoms with van der Waals surface area (Å²) in [6.07, 6.45) is 3.29. The molecule has 0 spiro atoms. The minimum absolute atomic E-state index is 0.265. The van der Waals surface area contributed by atoms with Crippen LogP contribution in [0.2, 0.25) is 0 Å². The van der Waals surface area contributed by atoms with Crippen LogP contribution >= 0.6 is 0 Å². The molecule has 0 aliphatic heterocycles. The van der Waals surface area contributed by atoms with Gasteiger partial charge in [0.05, 0.1) is 0 Å². The van der Waals surface area contributed by atoms with Crippen molar-refractivity contribution in [1.82, 2.24) is 5.32 Å². The molecule has 0 unspecified atom stereocenters. The van der Waals surface area contributed by atoms with E-state index < -0.39 is 6.09 Å². The van der Waals surface area contributed by atoms with E-state index in [0.717, 1.165) is 16.7 Å². The lowest BCUT2D eigenvalue weighted by atomic mass is 10.1. The van der Waals surface area contributed by atoms with Crippen LogP contribution < -0.4 is 11.1 Å². The van der Waals surface area contributed by atoms with Gasteiger partial charge in [-0.25, -0.2) is 4.79 Å². The molecule has 1 amide bonds. The molecular weight excluding hydrogens is 276 g/mol. The number of nitrogen functional groups attached to an aromatic ring is 1. The Morgan fingerprint density at radius 3 is 2.77 bits per heavy atom. The first kappa shape index (κ1) is 15.6. The smallest absolute Gasteiger partial charge is 0.407 e. The molecule has 3 N–H and O–H groups in total. The number of alkyl carbamates (subject to hydrolysis) is 1. The lowest BCUT2D eigenvalue weighted by molar-refractivity contribution is 0.141. The van der Waals surface area contributed by atoms with Crippen LogP contribution in [0.4, 0.5) is 10.5 Å². The molecule has 4 nitrogen and oxygen atoms in total. The van der Waals surface area contributed by atoms with Crippen LogP contribution in [0.1, 0.15) is 16.7 Å². The van der Waals surface area contributed by atoms with Crippen molar-refractivity contribution >= 4 is 17.9 Å². The Bertz CT molecular complexity index is 651. The summed E-state index contributed by atoms with van der Waals surface area (Å²) in [6.45, 7) is 2.66. The number of aryl methyl sites for hydroxylation is 1. The monoisotopic (exact) mass is 296 g/mol. The van der Waals surface area contributed by atoms with E-state index in [4.69, 9.17) is 10.5 Å². The van der Waals surface area contributed by atoms with Crippen molar-refractivity contribution < 1.29 is 9.53 Å². The molecule has 2 rings (SSSR count). The second-order valence-electron chi connectivity index (χ2n) is 4.98. The van der Waals surface area contributed by atoms with E-state index in [2.05, 4.69) is 5.32 Å². The minimum atomic E-state index is -0.439. The van der Waals surface area contributed by atoms with Gasteiger partial charge in [-0.15, -0.1) is 0 Å². The van der Waals surface area contributed by atoms with Crippen molar-refractivity contribution in [3.05, 3.63) is 71.3 Å². The molecule has 0 radical (unpaired) electrons.